The zero-order valence-electron chi connectivity index (χ0n) is 7.89. The van der Waals surface area contributed by atoms with E-state index in [0.29, 0.717) is 12.6 Å². The molecule has 0 aliphatic rings. The smallest absolute Gasteiger partial charge is 0.243 e. The molecule has 0 aliphatic heterocycles. The van der Waals surface area contributed by atoms with Crippen molar-refractivity contribution in [3.8, 4) is 0 Å². The van der Waals surface area contributed by atoms with Crippen molar-refractivity contribution in [1.82, 2.24) is 10.6 Å². The van der Waals surface area contributed by atoms with Gasteiger partial charge in [-0.15, -0.1) is 0 Å². The van der Waals surface area contributed by atoms with Gasteiger partial charge in [-0.2, -0.15) is 0 Å². The van der Waals surface area contributed by atoms with Crippen LogP contribution >= 0.6 is 0 Å². The molecule has 0 aromatic carbocycles. The van der Waals surface area contributed by atoms with Gasteiger partial charge in [0.25, 0.3) is 0 Å². The first-order valence-electron chi connectivity index (χ1n) is 4.30. The molecular formula is C9H18N2O. The zero-order valence-corrected chi connectivity index (χ0v) is 7.89. The van der Waals surface area contributed by atoms with Crippen LogP contribution in [0.25, 0.3) is 0 Å². The van der Waals surface area contributed by atoms with Crippen LogP contribution in [-0.4, -0.2) is 25.0 Å². The Hall–Kier alpha value is -0.830. The highest BCUT2D eigenvalue weighted by atomic mass is 16.1. The van der Waals surface area contributed by atoms with Crippen LogP contribution in [0, 0.1) is 0 Å². The fourth-order valence-electron chi connectivity index (χ4n) is 0.763. The number of amides is 1. The number of carbonyl (C=O) groups is 1. The summed E-state index contributed by atoms with van der Waals surface area (Å²) in [6, 6.07) is 0.514. The molecule has 0 fully saturated rings. The second-order valence-electron chi connectivity index (χ2n) is 2.96. The Labute approximate surface area is 74.2 Å². The molecule has 70 valence electrons. The van der Waals surface area contributed by atoms with Crippen molar-refractivity contribution in [3.05, 3.63) is 12.7 Å². The monoisotopic (exact) mass is 170 g/mol. The van der Waals surface area contributed by atoms with Crippen LogP contribution in [0.4, 0.5) is 0 Å². The summed E-state index contributed by atoms with van der Waals surface area (Å²) in [7, 11) is 0. The second kappa shape index (κ2) is 6.85. The Bertz CT molecular complexity index is 143. The first-order chi connectivity index (χ1) is 5.66. The van der Waals surface area contributed by atoms with Gasteiger partial charge in [0.05, 0.1) is 0 Å². The Morgan fingerprint density at radius 1 is 1.50 bits per heavy atom. The third-order valence-corrected chi connectivity index (χ3v) is 1.39. The molecule has 1 amide bonds. The maximum Gasteiger partial charge on any atom is 0.243 e. The summed E-state index contributed by atoms with van der Waals surface area (Å²) in [6.45, 7) is 9.21. The minimum absolute atomic E-state index is 0.0976. The van der Waals surface area contributed by atoms with Crippen LogP contribution in [0.1, 0.15) is 20.3 Å². The van der Waals surface area contributed by atoms with Crippen molar-refractivity contribution >= 4 is 5.91 Å². The van der Waals surface area contributed by atoms with Crippen molar-refractivity contribution in [2.45, 2.75) is 26.3 Å². The fourth-order valence-corrected chi connectivity index (χ4v) is 0.763. The van der Waals surface area contributed by atoms with E-state index in [1.807, 2.05) is 0 Å². The summed E-state index contributed by atoms with van der Waals surface area (Å²) in [4.78, 5) is 10.7. The molecule has 0 atom stereocenters. The van der Waals surface area contributed by atoms with Gasteiger partial charge in [-0.05, 0) is 19.0 Å². The van der Waals surface area contributed by atoms with Gasteiger partial charge in [0.15, 0.2) is 0 Å². The van der Waals surface area contributed by atoms with E-state index >= 15 is 0 Å². The SMILES string of the molecule is C=CC(=O)NCCCNC(C)C. The molecule has 0 unspecified atom stereocenters. The standard InChI is InChI=1S/C9H18N2O/c1-4-9(12)11-7-5-6-10-8(2)3/h4,8,10H,1,5-7H2,2-3H3,(H,11,12). The summed E-state index contributed by atoms with van der Waals surface area (Å²) in [5.74, 6) is -0.0976. The lowest BCUT2D eigenvalue weighted by Crippen LogP contribution is -2.28. The van der Waals surface area contributed by atoms with Crippen LogP contribution in [0.5, 0.6) is 0 Å². The summed E-state index contributed by atoms with van der Waals surface area (Å²) in [5.41, 5.74) is 0. The molecule has 0 saturated heterocycles. The van der Waals surface area contributed by atoms with E-state index in [-0.39, 0.29) is 5.91 Å². The highest BCUT2D eigenvalue weighted by Gasteiger charge is 1.93. The molecule has 0 aliphatic carbocycles. The molecule has 0 aromatic rings. The fraction of sp³-hybridized carbons (Fsp3) is 0.667. The van der Waals surface area contributed by atoms with E-state index in [9.17, 15) is 4.79 Å². The summed E-state index contributed by atoms with van der Waals surface area (Å²) < 4.78 is 0. The molecule has 3 nitrogen and oxygen atoms in total. The minimum atomic E-state index is -0.0976. The van der Waals surface area contributed by atoms with Gasteiger partial charge in [-0.25, -0.2) is 0 Å². The van der Waals surface area contributed by atoms with Gasteiger partial charge in [0.2, 0.25) is 5.91 Å². The molecule has 0 heterocycles. The van der Waals surface area contributed by atoms with Gasteiger partial charge in [0, 0.05) is 12.6 Å². The van der Waals surface area contributed by atoms with Crippen molar-refractivity contribution in [1.29, 1.82) is 0 Å². The molecule has 0 saturated carbocycles. The zero-order chi connectivity index (χ0) is 9.40. The topological polar surface area (TPSA) is 41.1 Å². The molecule has 0 rings (SSSR count). The van der Waals surface area contributed by atoms with Crippen molar-refractivity contribution in [2.75, 3.05) is 13.1 Å². The number of rotatable bonds is 6. The number of nitrogens with one attached hydrogen (secondary N) is 2. The van der Waals surface area contributed by atoms with Crippen LogP contribution in [-0.2, 0) is 4.79 Å². The number of carbonyl (C=O) groups excluding carboxylic acids is 1. The average molecular weight is 170 g/mol. The lowest BCUT2D eigenvalue weighted by Gasteiger charge is -2.07. The van der Waals surface area contributed by atoms with Crippen molar-refractivity contribution in [3.63, 3.8) is 0 Å². The number of hydrogen-bond donors (Lipinski definition) is 2. The Balaban J connectivity index is 3.11. The van der Waals surface area contributed by atoms with Gasteiger partial charge in [-0.1, -0.05) is 20.4 Å². The van der Waals surface area contributed by atoms with Crippen molar-refractivity contribution < 1.29 is 4.79 Å². The molecule has 12 heavy (non-hydrogen) atoms. The normalized spacial score (nSPS) is 9.92. The van der Waals surface area contributed by atoms with Crippen LogP contribution in [0.15, 0.2) is 12.7 Å². The summed E-state index contributed by atoms with van der Waals surface area (Å²) in [6.07, 6.45) is 2.24. The predicted octanol–water partition coefficient (Wildman–Crippen LogP) is 0.677. The van der Waals surface area contributed by atoms with E-state index < -0.39 is 0 Å². The minimum Gasteiger partial charge on any atom is -0.353 e. The largest absolute Gasteiger partial charge is 0.353 e. The van der Waals surface area contributed by atoms with Crippen LogP contribution < -0.4 is 10.6 Å². The second-order valence-corrected chi connectivity index (χ2v) is 2.96. The quantitative estimate of drug-likeness (QED) is 0.454. The number of hydrogen-bond acceptors (Lipinski definition) is 2. The van der Waals surface area contributed by atoms with Crippen LogP contribution in [0.3, 0.4) is 0 Å². The summed E-state index contributed by atoms with van der Waals surface area (Å²) >= 11 is 0. The maximum absolute atomic E-state index is 10.7. The van der Waals surface area contributed by atoms with E-state index in [0.717, 1.165) is 13.0 Å². The molecule has 0 radical (unpaired) electrons. The average Bonchev–Trinajstić information content (AvgIpc) is 2.03. The third-order valence-electron chi connectivity index (χ3n) is 1.39. The van der Waals surface area contributed by atoms with Gasteiger partial charge in [0.1, 0.15) is 0 Å². The van der Waals surface area contributed by atoms with E-state index in [1.54, 1.807) is 0 Å². The molecule has 3 heteroatoms. The van der Waals surface area contributed by atoms with Gasteiger partial charge < -0.3 is 10.6 Å². The van der Waals surface area contributed by atoms with Crippen molar-refractivity contribution in [2.24, 2.45) is 0 Å². The molecule has 0 bridgehead atoms. The lowest BCUT2D eigenvalue weighted by atomic mass is 10.3. The summed E-state index contributed by atoms with van der Waals surface area (Å²) in [5, 5.41) is 5.97. The predicted molar refractivity (Wildman–Crippen MR) is 51.0 cm³/mol. The molecule has 0 aromatic heterocycles. The maximum atomic E-state index is 10.7. The highest BCUT2D eigenvalue weighted by Crippen LogP contribution is 1.79. The Morgan fingerprint density at radius 3 is 2.67 bits per heavy atom. The first-order valence-corrected chi connectivity index (χ1v) is 4.30. The van der Waals surface area contributed by atoms with Gasteiger partial charge in [-0.3, -0.25) is 4.79 Å². The highest BCUT2D eigenvalue weighted by molar-refractivity contribution is 5.86. The third kappa shape index (κ3) is 7.28. The molecule has 2 N–H and O–H groups in total. The Kier molecular flexibility index (Phi) is 6.38. The van der Waals surface area contributed by atoms with E-state index in [1.165, 1.54) is 6.08 Å². The first kappa shape index (κ1) is 11.2. The molecule has 0 spiro atoms. The van der Waals surface area contributed by atoms with E-state index in [2.05, 4.69) is 31.1 Å². The lowest BCUT2D eigenvalue weighted by molar-refractivity contribution is -0.116. The Morgan fingerprint density at radius 2 is 2.17 bits per heavy atom. The van der Waals surface area contributed by atoms with Crippen LogP contribution in [0.2, 0.25) is 0 Å². The molecular weight excluding hydrogens is 152 g/mol. The van der Waals surface area contributed by atoms with E-state index in [4.69, 9.17) is 0 Å². The van der Waals surface area contributed by atoms with Gasteiger partial charge >= 0.3 is 0 Å².